The van der Waals surface area contributed by atoms with Gasteiger partial charge in [0.2, 0.25) is 6.54 Å². The van der Waals surface area contributed by atoms with E-state index in [0.29, 0.717) is 6.54 Å². The fourth-order valence-electron chi connectivity index (χ4n) is 2.75. The molecule has 3 aliphatic rings. The second-order valence-electron chi connectivity index (χ2n) is 4.91. The van der Waals surface area contributed by atoms with Gasteiger partial charge in [-0.05, 0) is 11.6 Å². The SMILES string of the molecule is CCCCCN1C=NC2C[N+](=O)CN3N=NNC213. The van der Waals surface area contributed by atoms with Crippen molar-refractivity contribution in [2.24, 2.45) is 15.4 Å². The van der Waals surface area contributed by atoms with Crippen LogP contribution >= 0.6 is 0 Å². The second kappa shape index (κ2) is 4.18. The van der Waals surface area contributed by atoms with Gasteiger partial charge in [0.25, 0.3) is 12.5 Å². The zero-order valence-corrected chi connectivity index (χ0v) is 10.5. The molecule has 8 nitrogen and oxygen atoms in total. The first-order valence-corrected chi connectivity index (χ1v) is 6.45. The van der Waals surface area contributed by atoms with Crippen molar-refractivity contribution in [2.75, 3.05) is 19.8 Å². The zero-order chi connectivity index (χ0) is 12.6. The summed E-state index contributed by atoms with van der Waals surface area (Å²) in [5.41, 5.74) is 3.05. The molecule has 2 unspecified atom stereocenters. The molecule has 2 atom stereocenters. The molecule has 0 amide bonds. The minimum absolute atomic E-state index is 0.139. The largest absolute Gasteiger partial charge is 0.318 e. The van der Waals surface area contributed by atoms with Gasteiger partial charge in [0.1, 0.15) is 0 Å². The highest BCUT2D eigenvalue weighted by Gasteiger charge is 2.61. The second-order valence-corrected chi connectivity index (χ2v) is 4.91. The van der Waals surface area contributed by atoms with Gasteiger partial charge < -0.3 is 4.90 Å². The van der Waals surface area contributed by atoms with Crippen molar-refractivity contribution in [1.29, 1.82) is 0 Å². The molecule has 0 aromatic rings. The Balaban J connectivity index is 1.78. The van der Waals surface area contributed by atoms with E-state index in [1.54, 1.807) is 5.01 Å². The van der Waals surface area contributed by atoms with Crippen LogP contribution in [-0.2, 0) is 0 Å². The van der Waals surface area contributed by atoms with Gasteiger partial charge in [0, 0.05) is 16.2 Å². The molecule has 0 aromatic carbocycles. The first-order chi connectivity index (χ1) is 8.77. The number of hydrogen-bond acceptors (Lipinski definition) is 7. The van der Waals surface area contributed by atoms with Gasteiger partial charge in [-0.25, -0.2) is 5.43 Å². The molecule has 1 fully saturated rings. The van der Waals surface area contributed by atoms with E-state index >= 15 is 0 Å². The van der Waals surface area contributed by atoms with E-state index in [0.717, 1.165) is 17.7 Å². The minimum atomic E-state index is -0.533. The summed E-state index contributed by atoms with van der Waals surface area (Å²) in [5, 5.41) is 9.59. The maximum absolute atomic E-state index is 11.6. The molecule has 1 saturated heterocycles. The topological polar surface area (TPSA) is 75.7 Å². The lowest BCUT2D eigenvalue weighted by atomic mass is 10.1. The van der Waals surface area contributed by atoms with Crippen LogP contribution in [0.1, 0.15) is 26.2 Å². The average Bonchev–Trinajstić information content (AvgIpc) is 2.91. The number of aliphatic imine (C=N–C) groups is 1. The Morgan fingerprint density at radius 1 is 1.56 bits per heavy atom. The van der Waals surface area contributed by atoms with Crippen LogP contribution in [0.4, 0.5) is 0 Å². The van der Waals surface area contributed by atoms with Gasteiger partial charge in [-0.2, -0.15) is 5.01 Å². The Bertz CT molecular complexity index is 397. The van der Waals surface area contributed by atoms with E-state index < -0.39 is 5.79 Å². The first-order valence-electron chi connectivity index (χ1n) is 6.45. The van der Waals surface area contributed by atoms with Crippen LogP contribution in [0, 0.1) is 4.91 Å². The van der Waals surface area contributed by atoms with Crippen LogP contribution in [-0.4, -0.2) is 52.6 Å². The highest BCUT2D eigenvalue weighted by atomic mass is 16.3. The summed E-state index contributed by atoms with van der Waals surface area (Å²) in [4.78, 5) is 18.1. The van der Waals surface area contributed by atoms with Crippen molar-refractivity contribution in [3.05, 3.63) is 4.91 Å². The van der Waals surface area contributed by atoms with Crippen LogP contribution in [0.5, 0.6) is 0 Å². The van der Waals surface area contributed by atoms with Gasteiger partial charge in [-0.15, -0.1) is 0 Å². The van der Waals surface area contributed by atoms with Crippen molar-refractivity contribution >= 4 is 6.34 Å². The number of nitroso groups, excluding NO2 is 1. The average molecular weight is 252 g/mol. The lowest BCUT2D eigenvalue weighted by molar-refractivity contribution is -0.594. The molecular weight excluding hydrogens is 234 g/mol. The summed E-state index contributed by atoms with van der Waals surface area (Å²) in [7, 11) is 0. The molecule has 0 saturated carbocycles. The summed E-state index contributed by atoms with van der Waals surface area (Å²) >= 11 is 0. The maximum atomic E-state index is 11.6. The molecule has 3 heterocycles. The third kappa shape index (κ3) is 1.48. The molecule has 1 N–H and O–H groups in total. The molecule has 98 valence electrons. The van der Waals surface area contributed by atoms with Crippen molar-refractivity contribution in [3.63, 3.8) is 0 Å². The Hall–Kier alpha value is -1.73. The Kier molecular flexibility index (Phi) is 2.64. The summed E-state index contributed by atoms with van der Waals surface area (Å²) in [6, 6.07) is -0.139. The molecule has 0 radical (unpaired) electrons. The Labute approximate surface area is 105 Å². The van der Waals surface area contributed by atoms with Crippen LogP contribution in [0.15, 0.2) is 15.4 Å². The van der Waals surface area contributed by atoms with Crippen molar-refractivity contribution in [2.45, 2.75) is 38.0 Å². The molecule has 3 rings (SSSR count). The lowest BCUT2D eigenvalue weighted by Gasteiger charge is -2.41. The summed E-state index contributed by atoms with van der Waals surface area (Å²) in [6.45, 7) is 3.71. The number of unbranched alkanes of at least 4 members (excludes halogenated alkanes) is 2. The molecule has 0 aliphatic carbocycles. The van der Waals surface area contributed by atoms with E-state index in [-0.39, 0.29) is 12.7 Å². The van der Waals surface area contributed by atoms with E-state index in [1.165, 1.54) is 12.8 Å². The molecule has 8 heteroatoms. The van der Waals surface area contributed by atoms with E-state index in [9.17, 15) is 4.91 Å². The van der Waals surface area contributed by atoms with E-state index in [1.807, 2.05) is 6.34 Å². The molecule has 0 bridgehead atoms. The van der Waals surface area contributed by atoms with Crippen LogP contribution < -0.4 is 5.43 Å². The predicted octanol–water partition coefficient (Wildman–Crippen LogP) is 0.480. The standard InChI is InChI=1S/C10H18N7O/c1-2-3-4-5-15-7-11-9-6-16(18)8-17-10(9,15)12-13-14-17/h7,9H,2-6,8H2,1H3,(H,12,14)/q+1. The summed E-state index contributed by atoms with van der Waals surface area (Å²) in [6.07, 6.45) is 5.30. The maximum Gasteiger partial charge on any atom is 0.286 e. The highest BCUT2D eigenvalue weighted by Crippen LogP contribution is 2.34. The summed E-state index contributed by atoms with van der Waals surface area (Å²) < 4.78 is 0.974. The Morgan fingerprint density at radius 2 is 2.44 bits per heavy atom. The van der Waals surface area contributed by atoms with Crippen molar-refractivity contribution < 1.29 is 4.76 Å². The molecule has 18 heavy (non-hydrogen) atoms. The van der Waals surface area contributed by atoms with E-state index in [2.05, 4.69) is 32.7 Å². The molecule has 3 aliphatic heterocycles. The zero-order valence-electron chi connectivity index (χ0n) is 10.5. The number of nitrogens with zero attached hydrogens (tertiary/aromatic N) is 6. The third-order valence-corrected chi connectivity index (χ3v) is 3.72. The number of nitrogens with one attached hydrogen (secondary N) is 1. The monoisotopic (exact) mass is 252 g/mol. The van der Waals surface area contributed by atoms with Crippen LogP contribution in [0.2, 0.25) is 0 Å². The fraction of sp³-hybridized carbons (Fsp3) is 0.900. The third-order valence-electron chi connectivity index (χ3n) is 3.72. The van der Waals surface area contributed by atoms with Gasteiger partial charge in [0.05, 0.1) is 6.34 Å². The lowest BCUT2D eigenvalue weighted by Crippen LogP contribution is -2.71. The quantitative estimate of drug-likeness (QED) is 0.583. The number of rotatable bonds is 4. The summed E-state index contributed by atoms with van der Waals surface area (Å²) in [5.74, 6) is -0.533. The highest BCUT2D eigenvalue weighted by molar-refractivity contribution is 5.60. The van der Waals surface area contributed by atoms with Crippen molar-refractivity contribution in [3.8, 4) is 0 Å². The predicted molar refractivity (Wildman–Crippen MR) is 64.4 cm³/mol. The normalized spacial score (nSPS) is 32.7. The van der Waals surface area contributed by atoms with Gasteiger partial charge in [-0.3, -0.25) is 4.99 Å². The molecular formula is C10H18N7O+. The number of hydrogen-bond donors (Lipinski definition) is 1. The first kappa shape index (κ1) is 11.4. The molecule has 0 aromatic heterocycles. The molecule has 1 spiro atoms. The van der Waals surface area contributed by atoms with Gasteiger partial charge in [0.15, 0.2) is 6.04 Å². The Morgan fingerprint density at radius 3 is 3.28 bits per heavy atom. The fourth-order valence-corrected chi connectivity index (χ4v) is 2.75. The van der Waals surface area contributed by atoms with Crippen molar-refractivity contribution in [1.82, 2.24) is 15.3 Å². The van der Waals surface area contributed by atoms with Crippen LogP contribution in [0.3, 0.4) is 0 Å². The smallest absolute Gasteiger partial charge is 0.286 e. The van der Waals surface area contributed by atoms with Crippen LogP contribution in [0.25, 0.3) is 0 Å². The van der Waals surface area contributed by atoms with Gasteiger partial charge >= 0.3 is 0 Å². The van der Waals surface area contributed by atoms with Gasteiger partial charge in [-0.1, -0.05) is 25.0 Å². The minimum Gasteiger partial charge on any atom is -0.318 e. The van der Waals surface area contributed by atoms with E-state index in [4.69, 9.17) is 0 Å².